The molecular weight excluding hydrogens is 276 g/mol. The maximum absolute atomic E-state index is 11.8. The average molecular weight is 290 g/mol. The van der Waals surface area contributed by atoms with Gasteiger partial charge in [0.2, 0.25) is 0 Å². The van der Waals surface area contributed by atoms with Crippen molar-refractivity contribution in [1.29, 1.82) is 0 Å². The van der Waals surface area contributed by atoms with Gasteiger partial charge in [0.15, 0.2) is 9.84 Å². The lowest BCUT2D eigenvalue weighted by molar-refractivity contribution is -0.133. The lowest BCUT2D eigenvalue weighted by Gasteiger charge is -2.05. The van der Waals surface area contributed by atoms with Crippen LogP contribution in [-0.2, 0) is 21.1 Å². The minimum absolute atomic E-state index is 0.0260. The number of sulfone groups is 1. The van der Waals surface area contributed by atoms with E-state index in [1.54, 1.807) is 36.4 Å². The summed E-state index contributed by atoms with van der Waals surface area (Å²) in [6.07, 6.45) is 1.16. The average Bonchev–Trinajstić information content (AvgIpc) is 2.39. The van der Waals surface area contributed by atoms with Crippen LogP contribution in [0.25, 0.3) is 0 Å². The molecule has 0 saturated heterocycles. The molecule has 0 unspecified atom stereocenters. The number of para-hydroxylation sites is 1. The predicted octanol–water partition coefficient (Wildman–Crippen LogP) is 2.24. The van der Waals surface area contributed by atoms with E-state index in [0.717, 1.165) is 6.26 Å². The highest BCUT2D eigenvalue weighted by atomic mass is 32.2. The van der Waals surface area contributed by atoms with Gasteiger partial charge in [0.05, 0.1) is 11.3 Å². The topological polar surface area (TPSA) is 60.4 Å². The maximum atomic E-state index is 11.8. The van der Waals surface area contributed by atoms with Gasteiger partial charge in [-0.2, -0.15) is 0 Å². The van der Waals surface area contributed by atoms with Gasteiger partial charge in [0.1, 0.15) is 5.75 Å². The third kappa shape index (κ3) is 3.93. The summed E-state index contributed by atoms with van der Waals surface area (Å²) in [6, 6.07) is 15.0. The van der Waals surface area contributed by atoms with E-state index in [2.05, 4.69) is 0 Å². The van der Waals surface area contributed by atoms with Crippen molar-refractivity contribution in [2.45, 2.75) is 11.3 Å². The van der Waals surface area contributed by atoms with Crippen molar-refractivity contribution in [2.75, 3.05) is 6.26 Å². The van der Waals surface area contributed by atoms with Gasteiger partial charge in [-0.05, 0) is 29.8 Å². The molecule has 4 nitrogen and oxygen atoms in total. The molecule has 2 aromatic rings. The third-order valence-electron chi connectivity index (χ3n) is 2.65. The summed E-state index contributed by atoms with van der Waals surface area (Å²) < 4.78 is 28.0. The van der Waals surface area contributed by atoms with E-state index in [1.807, 2.05) is 6.07 Å². The van der Waals surface area contributed by atoms with Gasteiger partial charge in [0.25, 0.3) is 0 Å². The smallest absolute Gasteiger partial charge is 0.315 e. The first-order valence-corrected chi connectivity index (χ1v) is 7.89. The molecule has 0 saturated carbocycles. The van der Waals surface area contributed by atoms with Gasteiger partial charge in [0, 0.05) is 6.26 Å². The number of rotatable bonds is 4. The Morgan fingerprint density at radius 1 is 1.05 bits per heavy atom. The molecule has 0 aliphatic carbocycles. The normalized spacial score (nSPS) is 11.1. The summed E-state index contributed by atoms with van der Waals surface area (Å²) in [5.74, 6) is 0.0404. The first kappa shape index (κ1) is 14.3. The number of hydrogen-bond donors (Lipinski definition) is 0. The van der Waals surface area contributed by atoms with Crippen molar-refractivity contribution < 1.29 is 17.9 Å². The van der Waals surface area contributed by atoms with Crippen molar-refractivity contribution in [3.63, 3.8) is 0 Å². The number of ether oxygens (including phenoxy) is 1. The fraction of sp³-hybridized carbons (Fsp3) is 0.133. The Kier molecular flexibility index (Phi) is 4.20. The van der Waals surface area contributed by atoms with E-state index in [0.29, 0.717) is 11.3 Å². The number of carbonyl (C=O) groups excluding carboxylic acids is 1. The molecule has 20 heavy (non-hydrogen) atoms. The van der Waals surface area contributed by atoms with Crippen molar-refractivity contribution in [3.05, 3.63) is 60.2 Å². The highest BCUT2D eigenvalue weighted by Crippen LogP contribution is 2.14. The van der Waals surface area contributed by atoms with Crippen LogP contribution in [0.5, 0.6) is 5.75 Å². The lowest BCUT2D eigenvalue weighted by Crippen LogP contribution is -2.11. The second-order valence-electron chi connectivity index (χ2n) is 4.38. The molecule has 0 bridgehead atoms. The van der Waals surface area contributed by atoms with Crippen molar-refractivity contribution >= 4 is 15.8 Å². The van der Waals surface area contributed by atoms with Gasteiger partial charge in [-0.1, -0.05) is 30.3 Å². The Morgan fingerprint density at radius 3 is 2.40 bits per heavy atom. The highest BCUT2D eigenvalue weighted by molar-refractivity contribution is 7.90. The summed E-state index contributed by atoms with van der Waals surface area (Å²) in [5.41, 5.74) is 0.605. The summed E-state index contributed by atoms with van der Waals surface area (Å²) in [5, 5.41) is 0. The van der Waals surface area contributed by atoms with E-state index in [4.69, 9.17) is 4.74 Å². The van der Waals surface area contributed by atoms with E-state index in [-0.39, 0.29) is 11.3 Å². The standard InChI is InChI=1S/C15H14O4S/c1-20(17,18)14-9-5-6-12(10-14)11-15(16)19-13-7-3-2-4-8-13/h2-10H,11H2,1H3. The van der Waals surface area contributed by atoms with Crippen molar-refractivity contribution in [3.8, 4) is 5.75 Å². The van der Waals surface area contributed by atoms with Crippen LogP contribution in [-0.4, -0.2) is 20.6 Å². The molecule has 0 aliphatic rings. The van der Waals surface area contributed by atoms with Crippen LogP contribution >= 0.6 is 0 Å². The minimum atomic E-state index is -3.27. The summed E-state index contributed by atoms with van der Waals surface area (Å²) in [6.45, 7) is 0. The number of esters is 1. The van der Waals surface area contributed by atoms with E-state index in [9.17, 15) is 13.2 Å². The van der Waals surface area contributed by atoms with Crippen molar-refractivity contribution in [1.82, 2.24) is 0 Å². The molecule has 104 valence electrons. The molecule has 5 heteroatoms. The third-order valence-corrected chi connectivity index (χ3v) is 3.76. The predicted molar refractivity (Wildman–Crippen MR) is 75.3 cm³/mol. The second kappa shape index (κ2) is 5.88. The van der Waals surface area contributed by atoms with Crippen LogP contribution in [0, 0.1) is 0 Å². The fourth-order valence-electron chi connectivity index (χ4n) is 1.71. The lowest BCUT2D eigenvalue weighted by atomic mass is 10.1. The molecule has 0 aromatic heterocycles. The Bertz CT molecular complexity index is 706. The van der Waals surface area contributed by atoms with Gasteiger partial charge < -0.3 is 4.74 Å². The summed E-state index contributed by atoms with van der Waals surface area (Å²) in [4.78, 5) is 12.0. The van der Waals surface area contributed by atoms with Crippen molar-refractivity contribution in [2.24, 2.45) is 0 Å². The monoisotopic (exact) mass is 290 g/mol. The number of benzene rings is 2. The van der Waals surface area contributed by atoms with Crippen LogP contribution in [0.4, 0.5) is 0 Å². The van der Waals surface area contributed by atoms with Gasteiger partial charge in [-0.15, -0.1) is 0 Å². The molecule has 0 amide bonds. The molecule has 2 rings (SSSR count). The summed E-state index contributed by atoms with van der Waals surface area (Å²) >= 11 is 0. The zero-order chi connectivity index (χ0) is 14.6. The van der Waals surface area contributed by atoms with Crippen LogP contribution in [0.15, 0.2) is 59.5 Å². The Hall–Kier alpha value is -2.14. The van der Waals surface area contributed by atoms with Gasteiger partial charge >= 0.3 is 5.97 Å². The molecule has 0 aliphatic heterocycles. The Labute approximate surface area is 117 Å². The molecule has 0 atom stereocenters. The molecule has 0 heterocycles. The first-order valence-electron chi connectivity index (χ1n) is 6.00. The minimum Gasteiger partial charge on any atom is -0.426 e. The van der Waals surface area contributed by atoms with Crippen LogP contribution < -0.4 is 4.74 Å². The molecule has 0 N–H and O–H groups in total. The van der Waals surface area contributed by atoms with Crippen LogP contribution in [0.3, 0.4) is 0 Å². The fourth-order valence-corrected chi connectivity index (χ4v) is 2.40. The first-order chi connectivity index (χ1) is 9.45. The Morgan fingerprint density at radius 2 is 1.75 bits per heavy atom. The second-order valence-corrected chi connectivity index (χ2v) is 6.40. The quantitative estimate of drug-likeness (QED) is 0.640. The zero-order valence-electron chi connectivity index (χ0n) is 10.9. The zero-order valence-corrected chi connectivity index (χ0v) is 11.8. The Balaban J connectivity index is 2.09. The van der Waals surface area contributed by atoms with Gasteiger partial charge in [-0.25, -0.2) is 8.42 Å². The number of hydrogen-bond acceptors (Lipinski definition) is 4. The largest absolute Gasteiger partial charge is 0.426 e. The van der Waals surface area contributed by atoms with E-state index < -0.39 is 15.8 Å². The van der Waals surface area contributed by atoms with Crippen LogP contribution in [0.2, 0.25) is 0 Å². The molecular formula is C15H14O4S. The molecule has 2 aromatic carbocycles. The van der Waals surface area contributed by atoms with Crippen LogP contribution in [0.1, 0.15) is 5.56 Å². The molecule has 0 spiro atoms. The number of carbonyl (C=O) groups is 1. The maximum Gasteiger partial charge on any atom is 0.315 e. The highest BCUT2D eigenvalue weighted by Gasteiger charge is 2.10. The van der Waals surface area contributed by atoms with E-state index >= 15 is 0 Å². The summed E-state index contributed by atoms with van der Waals surface area (Å²) in [7, 11) is -3.27. The van der Waals surface area contributed by atoms with E-state index in [1.165, 1.54) is 12.1 Å². The van der Waals surface area contributed by atoms with Gasteiger partial charge in [-0.3, -0.25) is 4.79 Å². The molecule has 0 radical (unpaired) electrons. The molecule has 0 fully saturated rings. The SMILES string of the molecule is CS(=O)(=O)c1cccc(CC(=O)Oc2ccccc2)c1.